The molecule has 0 fully saturated rings. The average molecular weight is 355 g/mol. The SMILES string of the molecule is COc1cc2c(cc1OC)[C@H]1Cc3cc4c(cc3[C@](O)(C2)N1C)OCO4. The van der Waals surface area contributed by atoms with Crippen LogP contribution in [0.3, 0.4) is 0 Å². The number of ether oxygens (including phenoxy) is 4. The van der Waals surface area contributed by atoms with Crippen molar-refractivity contribution in [1.82, 2.24) is 4.90 Å². The van der Waals surface area contributed by atoms with E-state index in [4.69, 9.17) is 18.9 Å². The van der Waals surface area contributed by atoms with Crippen LogP contribution in [-0.4, -0.2) is 38.1 Å². The highest BCUT2D eigenvalue weighted by Crippen LogP contribution is 2.52. The third-order valence-electron chi connectivity index (χ3n) is 5.94. The molecule has 0 spiro atoms. The summed E-state index contributed by atoms with van der Waals surface area (Å²) in [4.78, 5) is 2.05. The second-order valence-corrected chi connectivity index (χ2v) is 7.09. The first kappa shape index (κ1) is 15.8. The summed E-state index contributed by atoms with van der Waals surface area (Å²) < 4.78 is 22.0. The van der Waals surface area contributed by atoms with Crippen molar-refractivity contribution >= 4 is 0 Å². The molecule has 26 heavy (non-hydrogen) atoms. The van der Waals surface area contributed by atoms with Crippen LogP contribution < -0.4 is 18.9 Å². The quantitative estimate of drug-likeness (QED) is 0.892. The van der Waals surface area contributed by atoms with Gasteiger partial charge in [0.05, 0.1) is 14.2 Å². The van der Waals surface area contributed by atoms with Gasteiger partial charge in [-0.05, 0) is 54.4 Å². The van der Waals surface area contributed by atoms with Crippen LogP contribution in [0.5, 0.6) is 23.0 Å². The molecule has 2 aromatic carbocycles. The number of likely N-dealkylation sites (N-methyl/N-ethyl adjacent to an activating group) is 1. The van der Waals surface area contributed by atoms with E-state index in [9.17, 15) is 5.11 Å². The van der Waals surface area contributed by atoms with Crippen LogP contribution >= 0.6 is 0 Å². The van der Waals surface area contributed by atoms with Gasteiger partial charge < -0.3 is 24.1 Å². The van der Waals surface area contributed by atoms with E-state index in [1.165, 1.54) is 0 Å². The number of aliphatic hydroxyl groups is 1. The Labute approximate surface area is 151 Å². The molecule has 136 valence electrons. The van der Waals surface area contributed by atoms with Gasteiger partial charge in [0.1, 0.15) is 5.72 Å². The van der Waals surface area contributed by atoms with Crippen LogP contribution in [0.15, 0.2) is 24.3 Å². The highest BCUT2D eigenvalue weighted by Gasteiger charge is 2.49. The monoisotopic (exact) mass is 355 g/mol. The van der Waals surface area contributed by atoms with Crippen molar-refractivity contribution in [3.8, 4) is 23.0 Å². The van der Waals surface area contributed by atoms with E-state index in [0.717, 1.165) is 34.4 Å². The first-order valence-corrected chi connectivity index (χ1v) is 8.68. The zero-order valence-electron chi connectivity index (χ0n) is 15.0. The zero-order chi connectivity index (χ0) is 18.1. The van der Waals surface area contributed by atoms with Gasteiger partial charge in [-0.3, -0.25) is 4.90 Å². The van der Waals surface area contributed by atoms with Crippen LogP contribution in [0, 0.1) is 0 Å². The molecule has 2 atom stereocenters. The Balaban J connectivity index is 1.69. The van der Waals surface area contributed by atoms with Gasteiger partial charge in [-0.15, -0.1) is 0 Å². The summed E-state index contributed by atoms with van der Waals surface area (Å²) >= 11 is 0. The minimum Gasteiger partial charge on any atom is -0.493 e. The second-order valence-electron chi connectivity index (χ2n) is 7.09. The van der Waals surface area contributed by atoms with Crippen molar-refractivity contribution in [1.29, 1.82) is 0 Å². The topological polar surface area (TPSA) is 60.4 Å². The van der Waals surface area contributed by atoms with Gasteiger partial charge >= 0.3 is 0 Å². The smallest absolute Gasteiger partial charge is 0.231 e. The summed E-state index contributed by atoms with van der Waals surface area (Å²) in [5.74, 6) is 2.84. The minimum atomic E-state index is -1.09. The lowest BCUT2D eigenvalue weighted by Crippen LogP contribution is -2.54. The molecule has 0 saturated heterocycles. The molecular formula is C20H21NO5. The lowest BCUT2D eigenvalue weighted by molar-refractivity contribution is -0.141. The maximum atomic E-state index is 11.6. The van der Waals surface area contributed by atoms with E-state index in [0.29, 0.717) is 23.7 Å². The highest BCUT2D eigenvalue weighted by molar-refractivity contribution is 5.56. The van der Waals surface area contributed by atoms with E-state index < -0.39 is 5.72 Å². The lowest BCUT2D eigenvalue weighted by Gasteiger charge is -2.51. The second kappa shape index (κ2) is 5.28. The number of benzene rings is 2. The predicted octanol–water partition coefficient (Wildman–Crippen LogP) is 2.36. The molecule has 0 radical (unpaired) electrons. The Bertz CT molecular complexity index is 912. The lowest BCUT2D eigenvalue weighted by atomic mass is 9.74. The number of fused-ring (bicyclic) bond motifs is 7. The molecule has 6 nitrogen and oxygen atoms in total. The normalized spacial score (nSPS) is 25.5. The number of rotatable bonds is 2. The van der Waals surface area contributed by atoms with E-state index in [-0.39, 0.29) is 12.8 Å². The van der Waals surface area contributed by atoms with E-state index in [1.807, 2.05) is 36.2 Å². The molecule has 2 bridgehead atoms. The van der Waals surface area contributed by atoms with Crippen LogP contribution in [0.1, 0.15) is 28.3 Å². The molecule has 3 aliphatic heterocycles. The van der Waals surface area contributed by atoms with Gasteiger partial charge in [-0.1, -0.05) is 0 Å². The maximum absolute atomic E-state index is 11.6. The number of nitrogens with zero attached hydrogens (tertiary/aromatic N) is 1. The molecule has 2 aromatic rings. The van der Waals surface area contributed by atoms with Gasteiger partial charge in [0.25, 0.3) is 0 Å². The maximum Gasteiger partial charge on any atom is 0.231 e. The fraction of sp³-hybridized carbons (Fsp3) is 0.400. The summed E-state index contributed by atoms with van der Waals surface area (Å²) in [6.07, 6.45) is 1.26. The molecule has 6 heteroatoms. The fourth-order valence-electron chi connectivity index (χ4n) is 4.52. The van der Waals surface area contributed by atoms with E-state index >= 15 is 0 Å². The molecule has 3 aliphatic rings. The number of hydrogen-bond acceptors (Lipinski definition) is 6. The predicted molar refractivity (Wildman–Crippen MR) is 93.9 cm³/mol. The minimum absolute atomic E-state index is 0.0522. The van der Waals surface area contributed by atoms with E-state index in [2.05, 4.69) is 0 Å². The van der Waals surface area contributed by atoms with Gasteiger partial charge in [0.2, 0.25) is 6.79 Å². The van der Waals surface area contributed by atoms with E-state index in [1.54, 1.807) is 14.2 Å². The van der Waals surface area contributed by atoms with Crippen molar-refractivity contribution in [2.75, 3.05) is 28.1 Å². The third kappa shape index (κ3) is 1.94. The van der Waals surface area contributed by atoms with Gasteiger partial charge in [0, 0.05) is 18.0 Å². The highest BCUT2D eigenvalue weighted by atomic mass is 16.7. The van der Waals surface area contributed by atoms with Crippen LogP contribution in [0.2, 0.25) is 0 Å². The Morgan fingerprint density at radius 3 is 2.46 bits per heavy atom. The van der Waals surface area contributed by atoms with Gasteiger partial charge in [0.15, 0.2) is 23.0 Å². The molecule has 5 rings (SSSR count). The van der Waals surface area contributed by atoms with Crippen molar-refractivity contribution in [2.24, 2.45) is 0 Å². The molecule has 0 unspecified atom stereocenters. The van der Waals surface area contributed by atoms with Crippen molar-refractivity contribution in [2.45, 2.75) is 24.6 Å². The summed E-state index contributed by atoms with van der Waals surface area (Å²) in [5, 5.41) is 11.6. The van der Waals surface area contributed by atoms with Crippen molar-refractivity contribution in [3.63, 3.8) is 0 Å². The first-order chi connectivity index (χ1) is 12.5. The summed E-state index contributed by atoms with van der Waals surface area (Å²) in [7, 11) is 5.24. The fourth-order valence-corrected chi connectivity index (χ4v) is 4.52. The molecule has 0 amide bonds. The van der Waals surface area contributed by atoms with Gasteiger partial charge in [-0.2, -0.15) is 0 Å². The first-order valence-electron chi connectivity index (χ1n) is 8.68. The largest absolute Gasteiger partial charge is 0.493 e. The van der Waals surface area contributed by atoms with Crippen LogP contribution in [0.4, 0.5) is 0 Å². The Morgan fingerprint density at radius 2 is 1.73 bits per heavy atom. The summed E-state index contributed by atoms with van der Waals surface area (Å²) in [6, 6.07) is 8.01. The summed E-state index contributed by atoms with van der Waals surface area (Å²) in [6.45, 7) is 0.227. The molecular weight excluding hydrogens is 334 g/mol. The van der Waals surface area contributed by atoms with Crippen molar-refractivity contribution < 1.29 is 24.1 Å². The van der Waals surface area contributed by atoms with Crippen LogP contribution in [0.25, 0.3) is 0 Å². The summed E-state index contributed by atoms with van der Waals surface area (Å²) in [5.41, 5.74) is 3.14. The Kier molecular flexibility index (Phi) is 3.21. The van der Waals surface area contributed by atoms with Gasteiger partial charge in [-0.25, -0.2) is 0 Å². The van der Waals surface area contributed by atoms with Crippen molar-refractivity contribution in [3.05, 3.63) is 46.5 Å². The Hall–Kier alpha value is -2.44. The number of methoxy groups -OCH3 is 2. The zero-order valence-corrected chi connectivity index (χ0v) is 15.0. The molecule has 3 heterocycles. The molecule has 0 aromatic heterocycles. The molecule has 0 aliphatic carbocycles. The average Bonchev–Trinajstić information content (AvgIpc) is 3.10. The Morgan fingerprint density at radius 1 is 1.04 bits per heavy atom. The molecule has 0 saturated carbocycles. The standard InChI is InChI=1S/C20H21NO5/c1-21-15-4-11-5-18-19(26-10-25-18)8-14(11)20(21,22)9-12-6-16(23-2)17(24-3)7-13(12)15/h5-8,15,22H,4,9-10H2,1-3H3/t15-,20-/m1/s1. The van der Waals surface area contributed by atoms with Crippen LogP contribution in [-0.2, 0) is 18.6 Å². The molecule has 1 N–H and O–H groups in total. The number of hydrogen-bond donors (Lipinski definition) is 1. The third-order valence-corrected chi connectivity index (χ3v) is 5.94.